The zero-order valence-electron chi connectivity index (χ0n) is 18.2. The van der Waals surface area contributed by atoms with Gasteiger partial charge in [0.1, 0.15) is 17.5 Å². The first-order chi connectivity index (χ1) is 14.6. The van der Waals surface area contributed by atoms with Crippen molar-refractivity contribution in [3.8, 4) is 0 Å². The van der Waals surface area contributed by atoms with Crippen LogP contribution in [-0.2, 0) is 21.4 Å². The Labute approximate surface area is 182 Å². The van der Waals surface area contributed by atoms with E-state index in [0.29, 0.717) is 36.8 Å². The van der Waals surface area contributed by atoms with Crippen LogP contribution in [0.3, 0.4) is 0 Å². The van der Waals surface area contributed by atoms with Crippen molar-refractivity contribution in [1.82, 2.24) is 19.2 Å². The van der Waals surface area contributed by atoms with Crippen LogP contribution in [0.15, 0.2) is 35.2 Å². The molecular weight excluding hydrogens is 421 g/mol. The van der Waals surface area contributed by atoms with Crippen LogP contribution < -0.4 is 4.90 Å². The monoisotopic (exact) mass is 449 g/mol. The lowest BCUT2D eigenvalue weighted by Gasteiger charge is -2.31. The normalized spacial score (nSPS) is 17.4. The Hall–Kier alpha value is -2.59. The fraction of sp³-hybridized carbons (Fsp3) is 0.476. The lowest BCUT2D eigenvalue weighted by molar-refractivity contribution is -0.128. The summed E-state index contributed by atoms with van der Waals surface area (Å²) in [5, 5.41) is 0. The van der Waals surface area contributed by atoms with Crippen LogP contribution in [0.1, 0.15) is 37.2 Å². The van der Waals surface area contributed by atoms with Gasteiger partial charge in [-0.15, -0.1) is 0 Å². The van der Waals surface area contributed by atoms with Crippen LogP contribution in [0.4, 0.5) is 10.2 Å². The van der Waals surface area contributed by atoms with Crippen molar-refractivity contribution in [2.75, 3.05) is 39.1 Å². The van der Waals surface area contributed by atoms with E-state index in [-0.39, 0.29) is 23.3 Å². The minimum atomic E-state index is -3.74. The predicted molar refractivity (Wildman–Crippen MR) is 116 cm³/mol. The van der Waals surface area contributed by atoms with Gasteiger partial charge < -0.3 is 9.80 Å². The molecule has 1 amide bonds. The number of halogens is 1. The fourth-order valence-electron chi connectivity index (χ4n) is 3.48. The highest BCUT2D eigenvalue weighted by Gasteiger charge is 2.32. The van der Waals surface area contributed by atoms with E-state index in [2.05, 4.69) is 9.97 Å². The number of piperidine rings is 1. The summed E-state index contributed by atoms with van der Waals surface area (Å²) in [6.07, 6.45) is 1.43. The molecule has 0 saturated carbocycles. The molecule has 2 aromatic rings. The molecule has 3 rings (SSSR count). The average molecular weight is 450 g/mol. The largest absolute Gasteiger partial charge is 0.363 e. The molecule has 1 aromatic heterocycles. The molecular formula is C21H28FN5O3S. The molecule has 168 valence electrons. The van der Waals surface area contributed by atoms with E-state index in [0.717, 1.165) is 18.6 Å². The molecule has 2 heterocycles. The third-order valence-corrected chi connectivity index (χ3v) is 7.26. The van der Waals surface area contributed by atoms with E-state index in [1.807, 2.05) is 25.1 Å². The Kier molecular flexibility index (Phi) is 6.90. The zero-order chi connectivity index (χ0) is 22.8. The molecule has 1 fully saturated rings. The van der Waals surface area contributed by atoms with Crippen molar-refractivity contribution in [2.24, 2.45) is 0 Å². The molecule has 0 radical (unpaired) electrons. The maximum absolute atomic E-state index is 13.2. The third-order valence-electron chi connectivity index (χ3n) is 5.38. The molecule has 0 spiro atoms. The SMILES string of the molecule is CC(=O)N(C)Cc1cc(N(C)C)nc(C2CCCN(S(=O)(=O)c3ccc(F)cc3)C2)n1. The van der Waals surface area contributed by atoms with E-state index in [4.69, 9.17) is 0 Å². The van der Waals surface area contributed by atoms with Gasteiger partial charge in [0.15, 0.2) is 0 Å². The van der Waals surface area contributed by atoms with Gasteiger partial charge in [-0.05, 0) is 37.1 Å². The Morgan fingerprint density at radius 3 is 2.48 bits per heavy atom. The van der Waals surface area contributed by atoms with Gasteiger partial charge in [0.2, 0.25) is 15.9 Å². The van der Waals surface area contributed by atoms with E-state index in [1.165, 1.54) is 23.4 Å². The number of sulfonamides is 1. The maximum Gasteiger partial charge on any atom is 0.243 e. The molecule has 1 aliphatic heterocycles. The maximum atomic E-state index is 13.2. The molecule has 1 aromatic carbocycles. The van der Waals surface area contributed by atoms with Crippen molar-refractivity contribution < 1.29 is 17.6 Å². The number of rotatable bonds is 6. The molecule has 1 aliphatic rings. The molecule has 1 atom stereocenters. The second kappa shape index (κ2) is 9.27. The number of anilines is 1. The lowest BCUT2D eigenvalue weighted by Crippen LogP contribution is -2.39. The van der Waals surface area contributed by atoms with Crippen molar-refractivity contribution in [2.45, 2.75) is 37.1 Å². The fourth-order valence-corrected chi connectivity index (χ4v) is 5.00. The molecule has 31 heavy (non-hydrogen) atoms. The zero-order valence-corrected chi connectivity index (χ0v) is 19.1. The van der Waals surface area contributed by atoms with Crippen LogP contribution in [0.5, 0.6) is 0 Å². The van der Waals surface area contributed by atoms with Crippen LogP contribution in [0, 0.1) is 5.82 Å². The standard InChI is InChI=1S/C21H28FN5O3S/c1-15(28)26(4)14-18-12-20(25(2)3)24-21(23-18)16-6-5-11-27(13-16)31(29,30)19-9-7-17(22)8-10-19/h7-10,12,16H,5-6,11,13-14H2,1-4H3. The van der Waals surface area contributed by atoms with Crippen molar-refractivity contribution in [3.05, 3.63) is 47.7 Å². The van der Waals surface area contributed by atoms with Crippen molar-refractivity contribution in [3.63, 3.8) is 0 Å². The predicted octanol–water partition coefficient (Wildman–Crippen LogP) is 2.23. The topological polar surface area (TPSA) is 86.7 Å². The van der Waals surface area contributed by atoms with Gasteiger partial charge in [0, 0.05) is 53.1 Å². The van der Waals surface area contributed by atoms with Gasteiger partial charge in [-0.3, -0.25) is 4.79 Å². The van der Waals surface area contributed by atoms with Gasteiger partial charge in [0.05, 0.1) is 17.1 Å². The summed E-state index contributed by atoms with van der Waals surface area (Å²) in [6, 6.07) is 6.70. The molecule has 8 nitrogen and oxygen atoms in total. The molecule has 0 aliphatic carbocycles. The van der Waals surface area contributed by atoms with Crippen LogP contribution in [-0.4, -0.2) is 67.7 Å². The number of amides is 1. The molecule has 1 unspecified atom stereocenters. The van der Waals surface area contributed by atoms with Gasteiger partial charge >= 0.3 is 0 Å². The number of carbonyl (C=O) groups is 1. The highest BCUT2D eigenvalue weighted by atomic mass is 32.2. The first-order valence-corrected chi connectivity index (χ1v) is 11.5. The Balaban J connectivity index is 1.88. The van der Waals surface area contributed by atoms with E-state index in [9.17, 15) is 17.6 Å². The summed E-state index contributed by atoms with van der Waals surface area (Å²) in [5.74, 6) is 0.547. The number of benzene rings is 1. The van der Waals surface area contributed by atoms with Gasteiger partial charge in [0.25, 0.3) is 0 Å². The highest BCUT2D eigenvalue weighted by Crippen LogP contribution is 2.30. The second-order valence-electron chi connectivity index (χ2n) is 8.00. The number of aromatic nitrogens is 2. The molecule has 0 N–H and O–H groups in total. The van der Waals surface area contributed by atoms with Gasteiger partial charge in [-0.2, -0.15) is 4.31 Å². The summed E-state index contributed by atoms with van der Waals surface area (Å²) >= 11 is 0. The number of hydrogen-bond acceptors (Lipinski definition) is 6. The first kappa shape index (κ1) is 23.1. The van der Waals surface area contributed by atoms with Crippen LogP contribution in [0.2, 0.25) is 0 Å². The minimum Gasteiger partial charge on any atom is -0.363 e. The van der Waals surface area contributed by atoms with E-state index < -0.39 is 15.8 Å². The first-order valence-electron chi connectivity index (χ1n) is 10.1. The highest BCUT2D eigenvalue weighted by molar-refractivity contribution is 7.89. The molecule has 1 saturated heterocycles. The van der Waals surface area contributed by atoms with Gasteiger partial charge in [-0.25, -0.2) is 22.8 Å². The van der Waals surface area contributed by atoms with Gasteiger partial charge in [-0.1, -0.05) is 0 Å². The lowest BCUT2D eigenvalue weighted by atomic mass is 9.98. The minimum absolute atomic E-state index is 0.0687. The number of carbonyl (C=O) groups excluding carboxylic acids is 1. The van der Waals surface area contributed by atoms with Crippen molar-refractivity contribution in [1.29, 1.82) is 0 Å². The smallest absolute Gasteiger partial charge is 0.243 e. The van der Waals surface area contributed by atoms with Crippen LogP contribution >= 0.6 is 0 Å². The summed E-state index contributed by atoms with van der Waals surface area (Å²) in [6.45, 7) is 2.48. The van der Waals surface area contributed by atoms with Crippen molar-refractivity contribution >= 4 is 21.7 Å². The number of hydrogen-bond donors (Lipinski definition) is 0. The Morgan fingerprint density at radius 1 is 1.19 bits per heavy atom. The average Bonchev–Trinajstić information content (AvgIpc) is 2.73. The van der Waals surface area contributed by atoms with Crippen LogP contribution in [0.25, 0.3) is 0 Å². The van der Waals surface area contributed by atoms with E-state index in [1.54, 1.807) is 11.9 Å². The van der Waals surface area contributed by atoms with E-state index >= 15 is 0 Å². The summed E-state index contributed by atoms with van der Waals surface area (Å²) in [4.78, 5) is 24.4. The third kappa shape index (κ3) is 5.37. The number of nitrogens with zero attached hydrogens (tertiary/aromatic N) is 5. The second-order valence-corrected chi connectivity index (χ2v) is 9.94. The quantitative estimate of drug-likeness (QED) is 0.672. The molecule has 10 heteroatoms. The summed E-state index contributed by atoms with van der Waals surface area (Å²) in [5.41, 5.74) is 0.699. The summed E-state index contributed by atoms with van der Waals surface area (Å²) < 4.78 is 40.7. The Bertz CT molecular complexity index is 1040. The molecule has 0 bridgehead atoms. The summed E-state index contributed by atoms with van der Waals surface area (Å²) in [7, 11) is 1.71. The Morgan fingerprint density at radius 2 is 1.87 bits per heavy atom.